The highest BCUT2D eigenvalue weighted by atomic mass is 79.9. The summed E-state index contributed by atoms with van der Waals surface area (Å²) in [5.41, 5.74) is 1.68. The van der Waals surface area contributed by atoms with E-state index < -0.39 is 0 Å². The van der Waals surface area contributed by atoms with Crippen LogP contribution in [0.25, 0.3) is 0 Å². The van der Waals surface area contributed by atoms with Crippen molar-refractivity contribution in [2.75, 3.05) is 18.0 Å². The van der Waals surface area contributed by atoms with Gasteiger partial charge in [0, 0.05) is 19.3 Å². The quantitative estimate of drug-likeness (QED) is 0.776. The van der Waals surface area contributed by atoms with Crippen LogP contribution in [0.3, 0.4) is 0 Å². The predicted octanol–water partition coefficient (Wildman–Crippen LogP) is 3.39. The Hall–Kier alpha value is -0.570. The second-order valence-electron chi connectivity index (χ2n) is 5.10. The van der Waals surface area contributed by atoms with E-state index >= 15 is 0 Å². The molecular weight excluding hydrogens is 252 g/mol. The molecule has 3 heteroatoms. The van der Waals surface area contributed by atoms with Crippen LogP contribution >= 0.6 is 15.9 Å². The maximum absolute atomic E-state index is 4.47. The van der Waals surface area contributed by atoms with Gasteiger partial charge in [-0.1, -0.05) is 13.8 Å². The lowest BCUT2D eigenvalue weighted by Gasteiger charge is -2.22. The molecule has 0 aromatic carbocycles. The van der Waals surface area contributed by atoms with E-state index in [0.717, 1.165) is 23.4 Å². The Morgan fingerprint density at radius 1 is 1.47 bits per heavy atom. The largest absolute Gasteiger partial charge is 0.355 e. The number of aromatic nitrogens is 1. The Morgan fingerprint density at radius 2 is 2.20 bits per heavy atom. The van der Waals surface area contributed by atoms with Gasteiger partial charge in [-0.3, -0.25) is 0 Å². The Balaban J connectivity index is 2.28. The summed E-state index contributed by atoms with van der Waals surface area (Å²) in [4.78, 5) is 6.84. The zero-order chi connectivity index (χ0) is 11.1. The van der Waals surface area contributed by atoms with E-state index in [-0.39, 0.29) is 0 Å². The van der Waals surface area contributed by atoms with Crippen LogP contribution in [0.1, 0.15) is 25.8 Å². The summed E-state index contributed by atoms with van der Waals surface area (Å²) >= 11 is 3.62. The van der Waals surface area contributed by atoms with Crippen LogP contribution in [0.4, 0.5) is 5.82 Å². The van der Waals surface area contributed by atoms with E-state index in [2.05, 4.69) is 46.6 Å². The third kappa shape index (κ3) is 2.17. The molecule has 0 saturated carbocycles. The average molecular weight is 269 g/mol. The minimum atomic E-state index is 0.421. The second kappa shape index (κ2) is 3.78. The van der Waals surface area contributed by atoms with Crippen LogP contribution in [0.5, 0.6) is 0 Å². The van der Waals surface area contributed by atoms with Gasteiger partial charge in [-0.2, -0.15) is 0 Å². The number of pyridine rings is 1. The van der Waals surface area contributed by atoms with E-state index in [0.29, 0.717) is 5.41 Å². The molecule has 15 heavy (non-hydrogen) atoms. The zero-order valence-corrected chi connectivity index (χ0v) is 11.1. The fourth-order valence-corrected chi connectivity index (χ4v) is 2.52. The van der Waals surface area contributed by atoms with Gasteiger partial charge in [0.1, 0.15) is 5.82 Å². The molecular formula is C12H17BrN2. The highest BCUT2D eigenvalue weighted by Crippen LogP contribution is 2.35. The zero-order valence-electron chi connectivity index (χ0n) is 9.55. The highest BCUT2D eigenvalue weighted by molar-refractivity contribution is 9.10. The van der Waals surface area contributed by atoms with Gasteiger partial charge < -0.3 is 4.90 Å². The first-order chi connectivity index (χ1) is 6.99. The normalized spacial score (nSPS) is 19.6. The van der Waals surface area contributed by atoms with Gasteiger partial charge in [0.25, 0.3) is 0 Å². The molecule has 0 amide bonds. The van der Waals surface area contributed by atoms with Gasteiger partial charge in [0.2, 0.25) is 0 Å². The number of nitrogens with zero attached hydrogens (tertiary/aromatic N) is 2. The van der Waals surface area contributed by atoms with Gasteiger partial charge in [-0.05, 0) is 46.3 Å². The maximum Gasteiger partial charge on any atom is 0.143 e. The first-order valence-electron chi connectivity index (χ1n) is 5.36. The van der Waals surface area contributed by atoms with Crippen LogP contribution in [0.2, 0.25) is 0 Å². The molecule has 0 unspecified atom stereocenters. The molecule has 2 rings (SSSR count). The van der Waals surface area contributed by atoms with Crippen molar-refractivity contribution in [2.45, 2.75) is 27.2 Å². The van der Waals surface area contributed by atoms with Gasteiger partial charge in [0.05, 0.1) is 4.47 Å². The van der Waals surface area contributed by atoms with E-state index in [1.807, 2.05) is 12.3 Å². The highest BCUT2D eigenvalue weighted by Gasteiger charge is 2.30. The molecule has 0 spiro atoms. The van der Waals surface area contributed by atoms with Crippen LogP contribution in [0, 0.1) is 12.3 Å². The minimum absolute atomic E-state index is 0.421. The first kappa shape index (κ1) is 10.9. The molecule has 0 aliphatic carbocycles. The summed E-state index contributed by atoms with van der Waals surface area (Å²) in [7, 11) is 0. The smallest absolute Gasteiger partial charge is 0.143 e. The van der Waals surface area contributed by atoms with Crippen molar-refractivity contribution in [2.24, 2.45) is 5.41 Å². The van der Waals surface area contributed by atoms with Crippen LogP contribution in [-0.2, 0) is 0 Å². The van der Waals surface area contributed by atoms with Crippen molar-refractivity contribution >= 4 is 21.7 Å². The van der Waals surface area contributed by atoms with Crippen molar-refractivity contribution in [3.05, 3.63) is 22.3 Å². The van der Waals surface area contributed by atoms with Gasteiger partial charge in [0.15, 0.2) is 0 Å². The summed E-state index contributed by atoms with van der Waals surface area (Å²) in [6.45, 7) is 8.95. The van der Waals surface area contributed by atoms with Crippen molar-refractivity contribution < 1.29 is 0 Å². The first-order valence-corrected chi connectivity index (χ1v) is 6.15. The summed E-state index contributed by atoms with van der Waals surface area (Å²) < 4.78 is 1.14. The van der Waals surface area contributed by atoms with Crippen molar-refractivity contribution in [1.82, 2.24) is 4.98 Å². The molecule has 1 fully saturated rings. The average Bonchev–Trinajstić information content (AvgIpc) is 2.51. The fourth-order valence-electron chi connectivity index (χ4n) is 2.04. The van der Waals surface area contributed by atoms with E-state index in [1.165, 1.54) is 12.0 Å². The van der Waals surface area contributed by atoms with Gasteiger partial charge in [-0.25, -0.2) is 4.98 Å². The van der Waals surface area contributed by atoms with Crippen LogP contribution in [0.15, 0.2) is 16.7 Å². The molecule has 1 aromatic heterocycles. The molecule has 1 aliphatic rings. The number of anilines is 1. The van der Waals surface area contributed by atoms with E-state index in [4.69, 9.17) is 0 Å². The minimum Gasteiger partial charge on any atom is -0.355 e. The predicted molar refractivity (Wildman–Crippen MR) is 67.3 cm³/mol. The molecule has 2 heterocycles. The van der Waals surface area contributed by atoms with E-state index in [9.17, 15) is 0 Å². The third-order valence-electron chi connectivity index (χ3n) is 3.04. The molecule has 0 atom stereocenters. The number of rotatable bonds is 1. The SMILES string of the molecule is Cc1ccnc(N2CCC(C)(C)C2)c1Br. The van der Waals surface area contributed by atoms with Crippen molar-refractivity contribution in [3.8, 4) is 0 Å². The number of aryl methyl sites for hydroxylation is 1. The monoisotopic (exact) mass is 268 g/mol. The number of halogens is 1. The Labute approximate surface area is 99.8 Å². The van der Waals surface area contributed by atoms with Gasteiger partial charge in [-0.15, -0.1) is 0 Å². The Morgan fingerprint density at radius 3 is 2.80 bits per heavy atom. The van der Waals surface area contributed by atoms with E-state index in [1.54, 1.807) is 0 Å². The molecule has 0 bridgehead atoms. The summed E-state index contributed by atoms with van der Waals surface area (Å²) in [6.07, 6.45) is 3.13. The Bertz CT molecular complexity index is 374. The van der Waals surface area contributed by atoms with Crippen LogP contribution < -0.4 is 4.90 Å². The standard InChI is InChI=1S/C12H17BrN2/c1-9-4-6-14-11(10(9)13)15-7-5-12(2,3)8-15/h4,6H,5,7-8H2,1-3H3. The summed E-state index contributed by atoms with van der Waals surface area (Å²) in [6, 6.07) is 2.04. The van der Waals surface area contributed by atoms with Gasteiger partial charge >= 0.3 is 0 Å². The molecule has 0 radical (unpaired) electrons. The molecule has 82 valence electrons. The topological polar surface area (TPSA) is 16.1 Å². The molecule has 1 saturated heterocycles. The second-order valence-corrected chi connectivity index (χ2v) is 5.89. The molecule has 0 N–H and O–H groups in total. The lowest BCUT2D eigenvalue weighted by molar-refractivity contribution is 0.418. The third-order valence-corrected chi connectivity index (χ3v) is 4.02. The molecule has 2 nitrogen and oxygen atoms in total. The lowest BCUT2D eigenvalue weighted by atomic mass is 9.93. The maximum atomic E-state index is 4.47. The lowest BCUT2D eigenvalue weighted by Crippen LogP contribution is -2.24. The van der Waals surface area contributed by atoms with Crippen molar-refractivity contribution in [1.29, 1.82) is 0 Å². The molecule has 1 aromatic rings. The van der Waals surface area contributed by atoms with Crippen molar-refractivity contribution in [3.63, 3.8) is 0 Å². The Kier molecular flexibility index (Phi) is 2.75. The summed E-state index contributed by atoms with van der Waals surface area (Å²) in [5, 5.41) is 0. The number of hydrogen-bond donors (Lipinski definition) is 0. The summed E-state index contributed by atoms with van der Waals surface area (Å²) in [5.74, 6) is 1.10. The number of hydrogen-bond acceptors (Lipinski definition) is 2. The fraction of sp³-hybridized carbons (Fsp3) is 0.583. The molecule has 1 aliphatic heterocycles. The van der Waals surface area contributed by atoms with Crippen LogP contribution in [-0.4, -0.2) is 18.1 Å².